The van der Waals surface area contributed by atoms with Gasteiger partial charge in [0.25, 0.3) is 0 Å². The molecule has 2 aliphatic rings. The topological polar surface area (TPSA) is 108 Å². The highest BCUT2D eigenvalue weighted by Gasteiger charge is 2.49. The molecule has 1 heterocycles. The maximum absolute atomic E-state index is 11.8. The van der Waals surface area contributed by atoms with Gasteiger partial charge in [-0.15, -0.1) is 0 Å². The van der Waals surface area contributed by atoms with Crippen molar-refractivity contribution in [1.82, 2.24) is 0 Å². The summed E-state index contributed by atoms with van der Waals surface area (Å²) in [6, 6.07) is 0. The number of fused-ring (bicyclic) bond motifs is 1. The van der Waals surface area contributed by atoms with Crippen molar-refractivity contribution in [2.45, 2.75) is 65.0 Å². The molecular weight excluding hydrogens is 322 g/mol. The van der Waals surface area contributed by atoms with E-state index in [1.807, 2.05) is 20.8 Å². The van der Waals surface area contributed by atoms with E-state index in [1.54, 1.807) is 6.26 Å². The van der Waals surface area contributed by atoms with Crippen LogP contribution in [0.3, 0.4) is 0 Å². The zero-order valence-electron chi connectivity index (χ0n) is 14.5. The van der Waals surface area contributed by atoms with Crippen LogP contribution in [-0.4, -0.2) is 47.3 Å². The lowest BCUT2D eigenvalue weighted by Crippen LogP contribution is -2.40. The highest BCUT2D eigenvalue weighted by Crippen LogP contribution is 2.40. The molecule has 0 bridgehead atoms. The Morgan fingerprint density at radius 3 is 2.35 bits per heavy atom. The van der Waals surface area contributed by atoms with Gasteiger partial charge in [-0.1, -0.05) is 0 Å². The predicted octanol–water partition coefficient (Wildman–Crippen LogP) is 2.18. The SMILES string of the molecule is CC(N)=O.CCOC(=O)C1CCCC2OC(C)(C)OC21.CSO. The van der Waals surface area contributed by atoms with Crippen molar-refractivity contribution in [2.75, 3.05) is 12.9 Å². The van der Waals surface area contributed by atoms with E-state index >= 15 is 0 Å². The molecule has 2 rings (SSSR count). The normalized spacial score (nSPS) is 27.5. The molecule has 1 saturated carbocycles. The quantitative estimate of drug-likeness (QED) is 0.580. The summed E-state index contributed by atoms with van der Waals surface area (Å²) in [7, 11) is 0. The largest absolute Gasteiger partial charge is 0.466 e. The number of carbonyl (C=O) groups is 2. The van der Waals surface area contributed by atoms with Gasteiger partial charge < -0.3 is 24.5 Å². The Kier molecular flexibility index (Phi) is 10.5. The Morgan fingerprint density at radius 1 is 1.35 bits per heavy atom. The molecule has 0 spiro atoms. The molecule has 3 unspecified atom stereocenters. The maximum atomic E-state index is 11.8. The highest BCUT2D eigenvalue weighted by molar-refractivity contribution is 7.93. The Hall–Kier alpha value is -0.830. The number of rotatable bonds is 2. The molecular formula is C15H29NO6S. The van der Waals surface area contributed by atoms with E-state index in [9.17, 15) is 9.59 Å². The van der Waals surface area contributed by atoms with Crippen LogP contribution < -0.4 is 5.73 Å². The van der Waals surface area contributed by atoms with Crippen LogP contribution in [0.4, 0.5) is 0 Å². The van der Waals surface area contributed by atoms with Gasteiger partial charge in [-0.3, -0.25) is 9.59 Å². The van der Waals surface area contributed by atoms with Crippen LogP contribution >= 0.6 is 12.0 Å². The van der Waals surface area contributed by atoms with Crippen molar-refractivity contribution in [3.05, 3.63) is 0 Å². The number of esters is 1. The van der Waals surface area contributed by atoms with Gasteiger partial charge in [0.1, 0.15) is 6.10 Å². The molecule has 0 aromatic rings. The second kappa shape index (κ2) is 10.9. The molecule has 1 aliphatic heterocycles. The smallest absolute Gasteiger partial charge is 0.311 e. The molecule has 1 amide bonds. The van der Waals surface area contributed by atoms with E-state index in [2.05, 4.69) is 5.73 Å². The molecule has 7 nitrogen and oxygen atoms in total. The number of carbonyl (C=O) groups excluding carboxylic acids is 2. The first kappa shape index (κ1) is 22.2. The van der Waals surface area contributed by atoms with Crippen LogP contribution in [0.5, 0.6) is 0 Å². The average Bonchev–Trinajstić information content (AvgIpc) is 2.72. The Labute approximate surface area is 142 Å². The molecule has 0 radical (unpaired) electrons. The van der Waals surface area contributed by atoms with Gasteiger partial charge in [0.05, 0.1) is 18.6 Å². The van der Waals surface area contributed by atoms with Gasteiger partial charge >= 0.3 is 5.97 Å². The van der Waals surface area contributed by atoms with E-state index in [4.69, 9.17) is 18.8 Å². The van der Waals surface area contributed by atoms with Crippen molar-refractivity contribution in [2.24, 2.45) is 11.7 Å². The van der Waals surface area contributed by atoms with Crippen LogP contribution in [0.1, 0.15) is 47.0 Å². The third kappa shape index (κ3) is 8.55. The minimum atomic E-state index is -0.565. The molecule has 2 fully saturated rings. The zero-order valence-corrected chi connectivity index (χ0v) is 15.4. The van der Waals surface area contributed by atoms with Crippen LogP contribution in [0.15, 0.2) is 0 Å². The summed E-state index contributed by atoms with van der Waals surface area (Å²) in [5.41, 5.74) is 4.47. The van der Waals surface area contributed by atoms with E-state index < -0.39 is 5.79 Å². The van der Waals surface area contributed by atoms with Crippen molar-refractivity contribution in [1.29, 1.82) is 0 Å². The second-order valence-electron chi connectivity index (χ2n) is 5.72. The molecule has 0 aromatic carbocycles. The lowest BCUT2D eigenvalue weighted by Gasteiger charge is -2.29. The van der Waals surface area contributed by atoms with Crippen LogP contribution in [0, 0.1) is 5.92 Å². The van der Waals surface area contributed by atoms with Crippen LogP contribution in [0.25, 0.3) is 0 Å². The highest BCUT2D eigenvalue weighted by atomic mass is 32.2. The summed E-state index contributed by atoms with van der Waals surface area (Å²) in [5, 5.41) is 0. The maximum Gasteiger partial charge on any atom is 0.311 e. The van der Waals surface area contributed by atoms with Crippen LogP contribution in [-0.2, 0) is 23.8 Å². The minimum absolute atomic E-state index is 0.0538. The van der Waals surface area contributed by atoms with Gasteiger partial charge in [0.2, 0.25) is 5.91 Å². The molecule has 23 heavy (non-hydrogen) atoms. The molecule has 136 valence electrons. The van der Waals surface area contributed by atoms with Gasteiger partial charge in [0, 0.05) is 13.2 Å². The van der Waals surface area contributed by atoms with E-state index in [0.717, 1.165) is 31.3 Å². The fourth-order valence-electron chi connectivity index (χ4n) is 2.63. The van der Waals surface area contributed by atoms with Crippen molar-refractivity contribution in [3.63, 3.8) is 0 Å². The number of nitrogens with two attached hydrogens (primary N) is 1. The fraction of sp³-hybridized carbons (Fsp3) is 0.867. The first-order valence-corrected chi connectivity index (χ1v) is 8.82. The van der Waals surface area contributed by atoms with E-state index in [0.29, 0.717) is 6.61 Å². The Bertz CT molecular complexity index is 373. The van der Waals surface area contributed by atoms with Gasteiger partial charge in [-0.05, 0) is 52.1 Å². The predicted molar refractivity (Wildman–Crippen MR) is 88.8 cm³/mol. The standard InChI is InChI=1S/C12H20O4.C2H5NO.CH4OS/c1-4-14-11(13)8-6-5-7-9-10(8)16-12(2,3)15-9;1-2(3)4;1-3-2/h8-10H,4-7H2,1-3H3;1H3,(H2,3,4);2H,1H3. The number of hydrogen-bond donors (Lipinski definition) is 2. The summed E-state index contributed by atoms with van der Waals surface area (Å²) in [4.78, 5) is 21.0. The molecule has 1 aliphatic carbocycles. The summed E-state index contributed by atoms with van der Waals surface area (Å²) >= 11 is 0.750. The number of ether oxygens (including phenoxy) is 3. The van der Waals surface area contributed by atoms with Crippen molar-refractivity contribution in [3.8, 4) is 0 Å². The minimum Gasteiger partial charge on any atom is -0.466 e. The summed E-state index contributed by atoms with van der Waals surface area (Å²) in [5.74, 6) is -1.19. The molecule has 3 N–H and O–H groups in total. The first-order valence-electron chi connectivity index (χ1n) is 7.64. The first-order chi connectivity index (χ1) is 10.7. The lowest BCUT2D eigenvalue weighted by molar-refractivity contribution is -0.163. The van der Waals surface area contributed by atoms with Crippen molar-refractivity contribution < 1.29 is 28.4 Å². The Morgan fingerprint density at radius 2 is 1.87 bits per heavy atom. The Balaban J connectivity index is 0.000000591. The van der Waals surface area contributed by atoms with Crippen LogP contribution in [0.2, 0.25) is 0 Å². The van der Waals surface area contributed by atoms with Gasteiger partial charge in [-0.2, -0.15) is 0 Å². The lowest BCUT2D eigenvalue weighted by atomic mass is 9.84. The summed E-state index contributed by atoms with van der Waals surface area (Å²) in [6.45, 7) is 7.35. The number of hydrogen-bond acceptors (Lipinski definition) is 7. The second-order valence-corrected chi connectivity index (χ2v) is 6.09. The summed E-state index contributed by atoms with van der Waals surface area (Å²) < 4.78 is 24.2. The summed E-state index contributed by atoms with van der Waals surface area (Å²) in [6.07, 6.45) is 4.36. The molecule has 0 aromatic heterocycles. The van der Waals surface area contributed by atoms with E-state index in [-0.39, 0.29) is 30.0 Å². The van der Waals surface area contributed by atoms with Gasteiger partial charge in [-0.25, -0.2) is 0 Å². The molecule has 8 heteroatoms. The van der Waals surface area contributed by atoms with Crippen molar-refractivity contribution >= 4 is 23.9 Å². The van der Waals surface area contributed by atoms with Gasteiger partial charge in [0.15, 0.2) is 5.79 Å². The fourth-order valence-corrected chi connectivity index (χ4v) is 2.63. The average molecular weight is 351 g/mol. The monoisotopic (exact) mass is 351 g/mol. The third-order valence-electron chi connectivity index (χ3n) is 3.21. The number of primary amides is 1. The van der Waals surface area contributed by atoms with E-state index in [1.165, 1.54) is 6.92 Å². The third-order valence-corrected chi connectivity index (χ3v) is 3.21. The molecule has 3 atom stereocenters. The number of amides is 1. The zero-order chi connectivity index (χ0) is 18.0. The molecule has 1 saturated heterocycles.